The number of nitrogens with zero attached hydrogens (tertiary/aromatic N) is 3. The number of aromatic nitrogens is 3. The van der Waals surface area contributed by atoms with Gasteiger partial charge in [-0.05, 0) is 13.3 Å². The summed E-state index contributed by atoms with van der Waals surface area (Å²) in [4.78, 5) is 3.80. The fourth-order valence-electron chi connectivity index (χ4n) is 1.34. The normalized spacial score (nSPS) is 13.9. The molecule has 0 saturated heterocycles. The van der Waals surface area contributed by atoms with Gasteiger partial charge >= 0.3 is 0 Å². The number of unbranched alkanes of at least 4 members (excludes halogenated alkanes) is 1. The summed E-state index contributed by atoms with van der Waals surface area (Å²) in [7, 11) is -3.16. The highest BCUT2D eigenvalue weighted by atomic mass is 32.2. The van der Waals surface area contributed by atoms with E-state index in [0.717, 1.165) is 6.42 Å². The monoisotopic (exact) mass is 246 g/mol. The standard InChI is InChI=1S/C9H18N4O2S/c1-3-4-5-16(14,15)12-9(2)6-13-8-10-7-11-13/h7-9,12H,3-6H2,1-2H3. The maximum Gasteiger partial charge on any atom is 0.211 e. The van der Waals surface area contributed by atoms with Gasteiger partial charge in [-0.3, -0.25) is 4.68 Å². The lowest BCUT2D eigenvalue weighted by Gasteiger charge is -2.13. The summed E-state index contributed by atoms with van der Waals surface area (Å²) in [5, 5.41) is 3.92. The molecule has 0 radical (unpaired) electrons. The minimum Gasteiger partial charge on any atom is -0.251 e. The molecule has 0 aliphatic carbocycles. The number of hydrogen-bond donors (Lipinski definition) is 1. The van der Waals surface area contributed by atoms with Crippen molar-refractivity contribution in [2.24, 2.45) is 0 Å². The summed E-state index contributed by atoms with van der Waals surface area (Å²) in [5.41, 5.74) is 0. The van der Waals surface area contributed by atoms with E-state index in [9.17, 15) is 8.42 Å². The van der Waals surface area contributed by atoms with E-state index in [-0.39, 0.29) is 11.8 Å². The van der Waals surface area contributed by atoms with Crippen molar-refractivity contribution in [2.75, 3.05) is 5.75 Å². The van der Waals surface area contributed by atoms with Crippen LogP contribution in [-0.4, -0.2) is 35.0 Å². The zero-order valence-corrected chi connectivity index (χ0v) is 10.4. The zero-order chi connectivity index (χ0) is 12.0. The van der Waals surface area contributed by atoms with Crippen molar-refractivity contribution in [3.63, 3.8) is 0 Å². The summed E-state index contributed by atoms with van der Waals surface area (Å²) in [6.45, 7) is 4.27. The van der Waals surface area contributed by atoms with Gasteiger partial charge in [-0.2, -0.15) is 5.10 Å². The van der Waals surface area contributed by atoms with Crippen LogP contribution in [0.2, 0.25) is 0 Å². The average Bonchev–Trinajstić information content (AvgIpc) is 2.66. The Morgan fingerprint density at radius 3 is 2.81 bits per heavy atom. The van der Waals surface area contributed by atoms with Gasteiger partial charge in [0, 0.05) is 6.04 Å². The predicted octanol–water partition coefficient (Wildman–Crippen LogP) is 0.386. The van der Waals surface area contributed by atoms with Crippen molar-refractivity contribution in [1.82, 2.24) is 19.5 Å². The number of nitrogens with one attached hydrogen (secondary N) is 1. The van der Waals surface area contributed by atoms with Gasteiger partial charge in [0.15, 0.2) is 0 Å². The molecule has 16 heavy (non-hydrogen) atoms. The third kappa shape index (κ3) is 4.71. The van der Waals surface area contributed by atoms with E-state index < -0.39 is 10.0 Å². The minimum absolute atomic E-state index is 0.177. The molecule has 92 valence electrons. The second kappa shape index (κ2) is 5.95. The molecule has 1 aromatic heterocycles. The summed E-state index contributed by atoms with van der Waals surface area (Å²) >= 11 is 0. The molecular weight excluding hydrogens is 228 g/mol. The Morgan fingerprint density at radius 2 is 2.25 bits per heavy atom. The van der Waals surface area contributed by atoms with E-state index in [4.69, 9.17) is 0 Å². The molecule has 0 aromatic carbocycles. The van der Waals surface area contributed by atoms with Gasteiger partial charge in [-0.1, -0.05) is 13.3 Å². The van der Waals surface area contributed by atoms with E-state index in [1.807, 2.05) is 13.8 Å². The first-order valence-corrected chi connectivity index (χ1v) is 7.01. The molecule has 0 bridgehead atoms. The summed E-state index contributed by atoms with van der Waals surface area (Å²) in [5.74, 6) is 0.186. The van der Waals surface area contributed by atoms with Crippen LogP contribution in [0, 0.1) is 0 Å². The Balaban J connectivity index is 2.41. The van der Waals surface area contributed by atoms with E-state index in [1.54, 1.807) is 11.0 Å². The van der Waals surface area contributed by atoms with Crippen molar-refractivity contribution < 1.29 is 8.42 Å². The molecule has 1 N–H and O–H groups in total. The molecule has 1 rings (SSSR count). The van der Waals surface area contributed by atoms with Crippen LogP contribution in [0.4, 0.5) is 0 Å². The highest BCUT2D eigenvalue weighted by Gasteiger charge is 2.14. The van der Waals surface area contributed by atoms with Gasteiger partial charge in [0.05, 0.1) is 12.3 Å². The highest BCUT2D eigenvalue weighted by Crippen LogP contribution is 1.97. The summed E-state index contributed by atoms with van der Waals surface area (Å²) in [6, 6.07) is -0.177. The molecule has 0 amide bonds. The molecule has 1 unspecified atom stereocenters. The average molecular weight is 246 g/mol. The first-order chi connectivity index (χ1) is 7.53. The molecule has 0 fully saturated rings. The van der Waals surface area contributed by atoms with E-state index in [0.29, 0.717) is 13.0 Å². The summed E-state index contributed by atoms with van der Waals surface area (Å²) < 4.78 is 27.4. The largest absolute Gasteiger partial charge is 0.251 e. The van der Waals surface area contributed by atoms with Gasteiger partial charge in [0.1, 0.15) is 12.7 Å². The molecule has 6 nitrogen and oxygen atoms in total. The highest BCUT2D eigenvalue weighted by molar-refractivity contribution is 7.89. The molecule has 1 aromatic rings. The van der Waals surface area contributed by atoms with Gasteiger partial charge in [0.25, 0.3) is 0 Å². The Bertz CT molecular complexity index is 388. The Kier molecular flexibility index (Phi) is 4.88. The van der Waals surface area contributed by atoms with E-state index >= 15 is 0 Å². The smallest absolute Gasteiger partial charge is 0.211 e. The molecule has 0 aliphatic heterocycles. The maximum atomic E-state index is 11.6. The van der Waals surface area contributed by atoms with Gasteiger partial charge < -0.3 is 0 Å². The van der Waals surface area contributed by atoms with Gasteiger partial charge in [0.2, 0.25) is 10.0 Å². The number of sulfonamides is 1. The van der Waals surface area contributed by atoms with Crippen molar-refractivity contribution >= 4 is 10.0 Å². The van der Waals surface area contributed by atoms with Crippen LogP contribution in [0.5, 0.6) is 0 Å². The molecule has 1 atom stereocenters. The minimum atomic E-state index is -3.16. The molecule has 1 heterocycles. The molecular formula is C9H18N4O2S. The fraction of sp³-hybridized carbons (Fsp3) is 0.778. The Labute approximate surface area is 96.1 Å². The van der Waals surface area contributed by atoms with Crippen molar-refractivity contribution in [1.29, 1.82) is 0 Å². The van der Waals surface area contributed by atoms with Crippen LogP contribution in [-0.2, 0) is 16.6 Å². The summed E-state index contributed by atoms with van der Waals surface area (Å²) in [6.07, 6.45) is 4.55. The van der Waals surface area contributed by atoms with Crippen LogP contribution < -0.4 is 4.72 Å². The molecule has 0 saturated carbocycles. The molecule has 0 aliphatic rings. The zero-order valence-electron chi connectivity index (χ0n) is 9.63. The first-order valence-electron chi connectivity index (χ1n) is 5.36. The first kappa shape index (κ1) is 13.1. The lowest BCUT2D eigenvalue weighted by atomic mass is 10.4. The van der Waals surface area contributed by atoms with Crippen molar-refractivity contribution in [2.45, 2.75) is 39.3 Å². The van der Waals surface area contributed by atoms with E-state index in [1.165, 1.54) is 6.33 Å². The van der Waals surface area contributed by atoms with Crippen molar-refractivity contribution in [3.05, 3.63) is 12.7 Å². The quantitative estimate of drug-likeness (QED) is 0.755. The molecule has 7 heteroatoms. The third-order valence-corrected chi connectivity index (χ3v) is 3.66. The van der Waals surface area contributed by atoms with Crippen LogP contribution >= 0.6 is 0 Å². The van der Waals surface area contributed by atoms with Crippen LogP contribution in [0.1, 0.15) is 26.7 Å². The number of rotatable bonds is 7. The Morgan fingerprint density at radius 1 is 1.50 bits per heavy atom. The second-order valence-corrected chi connectivity index (χ2v) is 5.68. The lowest BCUT2D eigenvalue weighted by molar-refractivity contribution is 0.492. The topological polar surface area (TPSA) is 76.9 Å². The number of hydrogen-bond acceptors (Lipinski definition) is 4. The maximum absolute atomic E-state index is 11.6. The lowest BCUT2D eigenvalue weighted by Crippen LogP contribution is -2.37. The van der Waals surface area contributed by atoms with Gasteiger partial charge in [-0.15, -0.1) is 0 Å². The van der Waals surface area contributed by atoms with Crippen LogP contribution in [0.3, 0.4) is 0 Å². The van der Waals surface area contributed by atoms with Crippen molar-refractivity contribution in [3.8, 4) is 0 Å². The predicted molar refractivity (Wildman–Crippen MR) is 61.3 cm³/mol. The molecule has 0 spiro atoms. The fourth-order valence-corrected chi connectivity index (χ4v) is 2.82. The second-order valence-electron chi connectivity index (χ2n) is 3.81. The third-order valence-electron chi connectivity index (χ3n) is 2.07. The SMILES string of the molecule is CCCCS(=O)(=O)NC(C)Cn1cncn1. The van der Waals surface area contributed by atoms with Crippen LogP contribution in [0.15, 0.2) is 12.7 Å². The van der Waals surface area contributed by atoms with E-state index in [2.05, 4.69) is 14.8 Å². The Hall–Kier alpha value is -0.950. The van der Waals surface area contributed by atoms with Crippen LogP contribution in [0.25, 0.3) is 0 Å². The van der Waals surface area contributed by atoms with Gasteiger partial charge in [-0.25, -0.2) is 18.1 Å².